The van der Waals surface area contributed by atoms with E-state index < -0.39 is 11.5 Å². The van der Waals surface area contributed by atoms with E-state index >= 15 is 0 Å². The van der Waals surface area contributed by atoms with E-state index in [4.69, 9.17) is 4.74 Å². The molecule has 1 unspecified atom stereocenters. The third-order valence-corrected chi connectivity index (χ3v) is 4.49. The van der Waals surface area contributed by atoms with Crippen molar-refractivity contribution >= 4 is 11.9 Å². The summed E-state index contributed by atoms with van der Waals surface area (Å²) in [5.41, 5.74) is -1.08. The third-order valence-electron chi connectivity index (χ3n) is 4.49. The highest BCUT2D eigenvalue weighted by molar-refractivity contribution is 5.88. The van der Waals surface area contributed by atoms with Gasteiger partial charge in [-0.2, -0.15) is 0 Å². The maximum absolute atomic E-state index is 12.3. The Hall–Kier alpha value is -2.04. The molecular formula is C18H25NO4. The van der Waals surface area contributed by atoms with Gasteiger partial charge in [0, 0.05) is 5.92 Å². The van der Waals surface area contributed by atoms with E-state index in [1.54, 1.807) is 0 Å². The molecule has 126 valence electrons. The minimum atomic E-state index is -1.08. The maximum Gasteiger partial charge on any atom is 0.329 e. The van der Waals surface area contributed by atoms with Crippen molar-refractivity contribution in [3.8, 4) is 5.75 Å². The van der Waals surface area contributed by atoms with E-state index in [9.17, 15) is 14.7 Å². The molecule has 1 aliphatic rings. The molecule has 1 fully saturated rings. The van der Waals surface area contributed by atoms with Crippen molar-refractivity contribution < 1.29 is 19.4 Å². The number of hydrogen-bond donors (Lipinski definition) is 2. The molecular weight excluding hydrogens is 294 g/mol. The van der Waals surface area contributed by atoms with Gasteiger partial charge in [0.2, 0.25) is 5.91 Å². The lowest BCUT2D eigenvalue weighted by Gasteiger charge is -2.34. The van der Waals surface area contributed by atoms with Crippen molar-refractivity contribution in [1.82, 2.24) is 5.32 Å². The van der Waals surface area contributed by atoms with Crippen molar-refractivity contribution in [2.75, 3.05) is 6.61 Å². The molecule has 2 rings (SSSR count). The average Bonchev–Trinajstić information content (AvgIpc) is 2.56. The number of nitrogens with one attached hydrogen (secondary N) is 1. The van der Waals surface area contributed by atoms with Crippen molar-refractivity contribution in [1.29, 1.82) is 0 Å². The summed E-state index contributed by atoms with van der Waals surface area (Å²) in [5.74, 6) is -0.629. The minimum absolute atomic E-state index is 0.203. The van der Waals surface area contributed by atoms with Gasteiger partial charge in [-0.25, -0.2) is 4.79 Å². The lowest BCUT2D eigenvalue weighted by molar-refractivity contribution is -0.150. The largest absolute Gasteiger partial charge is 0.494 e. The van der Waals surface area contributed by atoms with Crippen LogP contribution in [0.15, 0.2) is 30.3 Å². The van der Waals surface area contributed by atoms with E-state index in [-0.39, 0.29) is 11.8 Å². The molecule has 2 N–H and O–H groups in total. The molecule has 0 aromatic heterocycles. The smallest absolute Gasteiger partial charge is 0.329 e. The molecule has 5 heteroatoms. The van der Waals surface area contributed by atoms with Gasteiger partial charge in [-0.15, -0.1) is 0 Å². The number of aliphatic carboxylic acids is 1. The molecule has 1 aromatic rings. The van der Waals surface area contributed by atoms with E-state index in [1.807, 2.05) is 37.3 Å². The average molecular weight is 319 g/mol. The Bertz CT molecular complexity index is 523. The molecule has 0 saturated heterocycles. The van der Waals surface area contributed by atoms with Gasteiger partial charge in [-0.3, -0.25) is 4.79 Å². The lowest BCUT2D eigenvalue weighted by atomic mass is 9.81. The van der Waals surface area contributed by atoms with Crippen LogP contribution in [0.1, 0.15) is 45.4 Å². The summed E-state index contributed by atoms with van der Waals surface area (Å²) in [5, 5.41) is 12.3. The van der Waals surface area contributed by atoms with Crippen LogP contribution >= 0.6 is 0 Å². The summed E-state index contributed by atoms with van der Waals surface area (Å²) in [6, 6.07) is 9.44. The predicted molar refractivity (Wildman–Crippen MR) is 87.3 cm³/mol. The van der Waals surface area contributed by atoms with Gasteiger partial charge in [0.15, 0.2) is 0 Å². The zero-order valence-electron chi connectivity index (χ0n) is 13.6. The Labute approximate surface area is 137 Å². The molecule has 1 aliphatic carbocycles. The zero-order chi connectivity index (χ0) is 16.7. The van der Waals surface area contributed by atoms with Crippen LogP contribution in [-0.4, -0.2) is 29.1 Å². The molecule has 1 atom stereocenters. The molecule has 5 nitrogen and oxygen atoms in total. The van der Waals surface area contributed by atoms with Crippen LogP contribution in [0, 0.1) is 5.92 Å². The number of benzene rings is 1. The van der Waals surface area contributed by atoms with Crippen LogP contribution in [0.2, 0.25) is 0 Å². The van der Waals surface area contributed by atoms with Gasteiger partial charge >= 0.3 is 5.97 Å². The number of amides is 1. The number of hydrogen-bond acceptors (Lipinski definition) is 3. The van der Waals surface area contributed by atoms with Crippen molar-refractivity contribution in [3.05, 3.63) is 30.3 Å². The molecule has 0 bridgehead atoms. The fourth-order valence-corrected chi connectivity index (χ4v) is 2.91. The van der Waals surface area contributed by atoms with Gasteiger partial charge in [0.25, 0.3) is 0 Å². The van der Waals surface area contributed by atoms with E-state index in [0.717, 1.165) is 25.0 Å². The molecule has 1 saturated carbocycles. The first-order chi connectivity index (χ1) is 11.0. The summed E-state index contributed by atoms with van der Waals surface area (Å²) in [7, 11) is 0. The lowest BCUT2D eigenvalue weighted by Crippen LogP contribution is -2.56. The Balaban J connectivity index is 1.82. The SMILES string of the molecule is CC(CCOc1ccccc1)C(=O)NC1(C(=O)O)CCCCC1. The standard InChI is InChI=1S/C18H25NO4/c1-14(10-13-23-15-8-4-2-5-9-15)16(20)19-18(17(21)22)11-6-3-7-12-18/h2,4-5,8-9,14H,3,6-7,10-13H2,1H3,(H,19,20)(H,21,22). The molecule has 0 aliphatic heterocycles. The Kier molecular flexibility index (Phi) is 6.02. The first-order valence-electron chi connectivity index (χ1n) is 8.27. The highest BCUT2D eigenvalue weighted by Gasteiger charge is 2.41. The summed E-state index contributed by atoms with van der Waals surface area (Å²) >= 11 is 0. The van der Waals surface area contributed by atoms with Crippen LogP contribution < -0.4 is 10.1 Å². The molecule has 1 amide bonds. The zero-order valence-corrected chi connectivity index (χ0v) is 13.6. The molecule has 23 heavy (non-hydrogen) atoms. The van der Waals surface area contributed by atoms with E-state index in [2.05, 4.69) is 5.32 Å². The normalized spacial score (nSPS) is 18.0. The van der Waals surface area contributed by atoms with Gasteiger partial charge in [-0.05, 0) is 31.4 Å². The number of rotatable bonds is 7. The van der Waals surface area contributed by atoms with Gasteiger partial charge in [0.1, 0.15) is 11.3 Å². The number of carboxylic acids is 1. The maximum atomic E-state index is 12.3. The van der Waals surface area contributed by atoms with Gasteiger partial charge in [-0.1, -0.05) is 44.4 Å². The van der Waals surface area contributed by atoms with Crippen molar-refractivity contribution in [2.24, 2.45) is 5.92 Å². The Morgan fingerprint density at radius 1 is 1.22 bits per heavy atom. The van der Waals surface area contributed by atoms with Gasteiger partial charge < -0.3 is 15.2 Å². The molecule has 0 radical (unpaired) electrons. The third kappa shape index (κ3) is 4.71. The quantitative estimate of drug-likeness (QED) is 0.810. The Morgan fingerprint density at radius 3 is 2.48 bits per heavy atom. The predicted octanol–water partition coefficient (Wildman–Crippen LogP) is 3.00. The number of para-hydroxylation sites is 1. The van der Waals surface area contributed by atoms with Crippen LogP contribution in [0.4, 0.5) is 0 Å². The van der Waals surface area contributed by atoms with E-state index in [0.29, 0.717) is 25.9 Å². The Morgan fingerprint density at radius 2 is 1.87 bits per heavy atom. The van der Waals surface area contributed by atoms with Gasteiger partial charge in [0.05, 0.1) is 6.61 Å². The van der Waals surface area contributed by atoms with Crippen LogP contribution in [-0.2, 0) is 9.59 Å². The number of carbonyl (C=O) groups excluding carboxylic acids is 1. The van der Waals surface area contributed by atoms with Crippen LogP contribution in [0.5, 0.6) is 5.75 Å². The monoisotopic (exact) mass is 319 g/mol. The summed E-state index contributed by atoms with van der Waals surface area (Å²) in [6.45, 7) is 2.24. The molecule has 0 spiro atoms. The second kappa shape index (κ2) is 7.99. The fraction of sp³-hybridized carbons (Fsp3) is 0.556. The summed E-state index contributed by atoms with van der Waals surface area (Å²) < 4.78 is 5.59. The minimum Gasteiger partial charge on any atom is -0.494 e. The van der Waals surface area contributed by atoms with Crippen LogP contribution in [0.3, 0.4) is 0 Å². The second-order valence-electron chi connectivity index (χ2n) is 6.29. The highest BCUT2D eigenvalue weighted by Crippen LogP contribution is 2.29. The highest BCUT2D eigenvalue weighted by atomic mass is 16.5. The first kappa shape index (κ1) is 17.3. The van der Waals surface area contributed by atoms with Crippen molar-refractivity contribution in [2.45, 2.75) is 51.0 Å². The second-order valence-corrected chi connectivity index (χ2v) is 6.29. The van der Waals surface area contributed by atoms with Crippen molar-refractivity contribution in [3.63, 3.8) is 0 Å². The molecule has 0 heterocycles. The molecule has 1 aromatic carbocycles. The summed E-state index contributed by atoms with van der Waals surface area (Å²) in [4.78, 5) is 23.9. The fourth-order valence-electron chi connectivity index (χ4n) is 2.91. The van der Waals surface area contributed by atoms with E-state index in [1.165, 1.54) is 0 Å². The summed E-state index contributed by atoms with van der Waals surface area (Å²) in [6.07, 6.45) is 4.31. The van der Waals surface area contributed by atoms with Crippen LogP contribution in [0.25, 0.3) is 0 Å². The topological polar surface area (TPSA) is 75.6 Å². The number of carbonyl (C=O) groups is 2. The first-order valence-corrected chi connectivity index (χ1v) is 8.27. The number of carboxylic acid groups (broad SMARTS) is 1. The number of ether oxygens (including phenoxy) is 1.